The molecule has 0 aromatic rings. The molecule has 100 valence electrons. The zero-order valence-corrected chi connectivity index (χ0v) is 11.6. The monoisotopic (exact) mass is 261 g/mol. The van der Waals surface area contributed by atoms with Gasteiger partial charge in [-0.3, -0.25) is 4.79 Å². The van der Waals surface area contributed by atoms with Gasteiger partial charge in [-0.15, -0.1) is 12.4 Å². The van der Waals surface area contributed by atoms with Crippen LogP contribution in [0, 0.1) is 0 Å². The van der Waals surface area contributed by atoms with Gasteiger partial charge in [0, 0.05) is 25.2 Å². The molecule has 2 atom stereocenters. The Morgan fingerprint density at radius 1 is 1.29 bits per heavy atom. The molecule has 0 saturated carbocycles. The average molecular weight is 262 g/mol. The number of carbonyl (C=O) groups excluding carboxylic acids is 1. The van der Waals surface area contributed by atoms with Crippen LogP contribution in [-0.2, 0) is 4.79 Å². The summed E-state index contributed by atoms with van der Waals surface area (Å²) in [5.74, 6) is 0.285. The normalized spacial score (nSPS) is 28.7. The predicted molar refractivity (Wildman–Crippen MR) is 71.6 cm³/mol. The van der Waals surface area contributed by atoms with Gasteiger partial charge in [-0.2, -0.15) is 0 Å². The quantitative estimate of drug-likeness (QED) is 0.813. The van der Waals surface area contributed by atoms with Crippen molar-refractivity contribution in [3.8, 4) is 0 Å². The number of halogens is 1. The molecule has 2 aliphatic rings. The number of fused-ring (bicyclic) bond motifs is 2. The fourth-order valence-electron chi connectivity index (χ4n) is 3.08. The minimum Gasteiger partial charge on any atom is -0.334 e. The molecule has 2 fully saturated rings. The molecule has 2 saturated heterocycles. The van der Waals surface area contributed by atoms with E-state index in [4.69, 9.17) is 0 Å². The molecule has 2 unspecified atom stereocenters. The van der Waals surface area contributed by atoms with Crippen LogP contribution < -0.4 is 5.32 Å². The van der Waals surface area contributed by atoms with Crippen LogP contribution >= 0.6 is 12.4 Å². The van der Waals surface area contributed by atoms with Crippen molar-refractivity contribution in [1.82, 2.24) is 15.1 Å². The molecule has 2 heterocycles. The van der Waals surface area contributed by atoms with Crippen molar-refractivity contribution in [1.29, 1.82) is 0 Å². The molecular formula is C12H24ClN3O. The molecule has 2 bridgehead atoms. The molecule has 2 rings (SSSR count). The van der Waals surface area contributed by atoms with Crippen molar-refractivity contribution in [2.75, 3.05) is 33.2 Å². The highest BCUT2D eigenvalue weighted by Crippen LogP contribution is 2.29. The standard InChI is InChI=1S/C12H23N3O.ClH/c1-3-14-7-6-10-4-5-11(9-14)15(10)12(16)8-13-2;/h10-11,13H,3-9H2,1-2H3;1H. The van der Waals surface area contributed by atoms with Gasteiger partial charge in [0.2, 0.25) is 5.91 Å². The average Bonchev–Trinajstić information content (AvgIpc) is 2.54. The molecule has 0 aliphatic carbocycles. The second-order valence-electron chi connectivity index (χ2n) is 4.90. The summed E-state index contributed by atoms with van der Waals surface area (Å²) in [6.45, 7) is 6.03. The molecule has 1 N–H and O–H groups in total. The lowest BCUT2D eigenvalue weighted by molar-refractivity contribution is -0.132. The summed E-state index contributed by atoms with van der Waals surface area (Å²) in [5, 5.41) is 2.97. The van der Waals surface area contributed by atoms with Crippen LogP contribution in [-0.4, -0.2) is 61.0 Å². The van der Waals surface area contributed by atoms with E-state index in [1.807, 2.05) is 7.05 Å². The second-order valence-corrected chi connectivity index (χ2v) is 4.90. The van der Waals surface area contributed by atoms with Crippen LogP contribution in [0.2, 0.25) is 0 Å². The Morgan fingerprint density at radius 3 is 2.65 bits per heavy atom. The zero-order valence-electron chi connectivity index (χ0n) is 10.8. The summed E-state index contributed by atoms with van der Waals surface area (Å²) in [6, 6.07) is 0.968. The van der Waals surface area contributed by atoms with E-state index >= 15 is 0 Å². The van der Waals surface area contributed by atoms with Crippen LogP contribution in [0.3, 0.4) is 0 Å². The lowest BCUT2D eigenvalue weighted by Crippen LogP contribution is -2.46. The summed E-state index contributed by atoms with van der Waals surface area (Å²) in [5.41, 5.74) is 0. The van der Waals surface area contributed by atoms with Crippen LogP contribution in [0.4, 0.5) is 0 Å². The Balaban J connectivity index is 0.00000144. The lowest BCUT2D eigenvalue weighted by atomic mass is 10.1. The van der Waals surface area contributed by atoms with Crippen molar-refractivity contribution >= 4 is 18.3 Å². The molecule has 0 spiro atoms. The SMILES string of the molecule is CCN1CCC2CCC(C1)N2C(=O)CNC.Cl. The summed E-state index contributed by atoms with van der Waals surface area (Å²) >= 11 is 0. The maximum Gasteiger partial charge on any atom is 0.237 e. The third-order valence-corrected chi connectivity index (χ3v) is 3.93. The summed E-state index contributed by atoms with van der Waals surface area (Å²) in [7, 11) is 1.84. The van der Waals surface area contributed by atoms with E-state index in [1.165, 1.54) is 12.8 Å². The summed E-state index contributed by atoms with van der Waals surface area (Å²) in [6.07, 6.45) is 3.55. The topological polar surface area (TPSA) is 35.6 Å². The molecule has 4 nitrogen and oxygen atoms in total. The van der Waals surface area contributed by atoms with Gasteiger partial charge in [0.15, 0.2) is 0 Å². The van der Waals surface area contributed by atoms with Crippen molar-refractivity contribution in [3.05, 3.63) is 0 Å². The number of hydrogen-bond acceptors (Lipinski definition) is 3. The zero-order chi connectivity index (χ0) is 11.5. The van der Waals surface area contributed by atoms with Gasteiger partial charge < -0.3 is 15.1 Å². The van der Waals surface area contributed by atoms with Gasteiger partial charge in [0.1, 0.15) is 0 Å². The van der Waals surface area contributed by atoms with Crippen LogP contribution in [0.25, 0.3) is 0 Å². The predicted octanol–water partition coefficient (Wildman–Crippen LogP) is 0.713. The Bertz CT molecular complexity index is 262. The van der Waals surface area contributed by atoms with E-state index in [0.717, 1.165) is 26.1 Å². The van der Waals surface area contributed by atoms with E-state index < -0.39 is 0 Å². The molecule has 5 heteroatoms. The van der Waals surface area contributed by atoms with Gasteiger partial charge >= 0.3 is 0 Å². The fraction of sp³-hybridized carbons (Fsp3) is 0.917. The van der Waals surface area contributed by atoms with Gasteiger partial charge in [0.25, 0.3) is 0 Å². The molecular weight excluding hydrogens is 238 g/mol. The maximum absolute atomic E-state index is 12.1. The third kappa shape index (κ3) is 3.12. The maximum atomic E-state index is 12.1. The van der Waals surface area contributed by atoms with Crippen molar-refractivity contribution in [3.63, 3.8) is 0 Å². The van der Waals surface area contributed by atoms with Gasteiger partial charge in [0.05, 0.1) is 6.54 Å². The van der Waals surface area contributed by atoms with E-state index in [2.05, 4.69) is 22.0 Å². The third-order valence-electron chi connectivity index (χ3n) is 3.93. The highest BCUT2D eigenvalue weighted by molar-refractivity contribution is 5.85. The highest BCUT2D eigenvalue weighted by Gasteiger charge is 2.39. The fourth-order valence-corrected chi connectivity index (χ4v) is 3.08. The summed E-state index contributed by atoms with van der Waals surface area (Å²) in [4.78, 5) is 16.7. The Labute approximate surface area is 110 Å². The first kappa shape index (κ1) is 14.7. The van der Waals surface area contributed by atoms with Crippen molar-refractivity contribution in [2.45, 2.75) is 38.3 Å². The Hall–Kier alpha value is -0.320. The largest absolute Gasteiger partial charge is 0.334 e. The van der Waals surface area contributed by atoms with Crippen molar-refractivity contribution < 1.29 is 4.79 Å². The van der Waals surface area contributed by atoms with Gasteiger partial charge in [-0.05, 0) is 32.9 Å². The first-order valence-corrected chi connectivity index (χ1v) is 6.44. The first-order chi connectivity index (χ1) is 7.76. The number of amides is 1. The van der Waals surface area contributed by atoms with Gasteiger partial charge in [-0.25, -0.2) is 0 Å². The van der Waals surface area contributed by atoms with Crippen LogP contribution in [0.1, 0.15) is 26.2 Å². The Morgan fingerprint density at radius 2 is 2.00 bits per heavy atom. The number of likely N-dealkylation sites (N-methyl/N-ethyl adjacent to an activating group) is 2. The first-order valence-electron chi connectivity index (χ1n) is 6.44. The lowest BCUT2D eigenvalue weighted by Gasteiger charge is -2.28. The second kappa shape index (κ2) is 6.57. The smallest absolute Gasteiger partial charge is 0.237 e. The summed E-state index contributed by atoms with van der Waals surface area (Å²) < 4.78 is 0. The van der Waals surface area contributed by atoms with Crippen molar-refractivity contribution in [2.24, 2.45) is 0 Å². The Kier molecular flexibility index (Phi) is 5.70. The molecule has 1 amide bonds. The molecule has 17 heavy (non-hydrogen) atoms. The van der Waals surface area contributed by atoms with E-state index in [1.54, 1.807) is 0 Å². The number of carbonyl (C=O) groups is 1. The van der Waals surface area contributed by atoms with Gasteiger partial charge in [-0.1, -0.05) is 6.92 Å². The molecule has 0 aromatic heterocycles. The minimum atomic E-state index is 0. The number of rotatable bonds is 3. The van der Waals surface area contributed by atoms with E-state index in [0.29, 0.717) is 18.6 Å². The number of nitrogens with zero attached hydrogens (tertiary/aromatic N) is 2. The number of nitrogens with one attached hydrogen (secondary N) is 1. The molecule has 0 radical (unpaired) electrons. The number of likely N-dealkylation sites (tertiary alicyclic amines) is 1. The number of hydrogen-bond donors (Lipinski definition) is 1. The van der Waals surface area contributed by atoms with E-state index in [9.17, 15) is 4.79 Å². The minimum absolute atomic E-state index is 0. The molecule has 0 aromatic carbocycles. The van der Waals surface area contributed by atoms with Crippen LogP contribution in [0.15, 0.2) is 0 Å². The highest BCUT2D eigenvalue weighted by atomic mass is 35.5. The van der Waals surface area contributed by atoms with Crippen LogP contribution in [0.5, 0.6) is 0 Å². The van der Waals surface area contributed by atoms with E-state index in [-0.39, 0.29) is 18.3 Å². The molecule has 2 aliphatic heterocycles.